The Bertz CT molecular complexity index is 727. The number of aryl methyl sites for hydroxylation is 1. The van der Waals surface area contributed by atoms with Crippen molar-refractivity contribution in [1.29, 1.82) is 0 Å². The van der Waals surface area contributed by atoms with E-state index in [1.54, 1.807) is 23.6 Å². The zero-order valence-electron chi connectivity index (χ0n) is 16.7. The number of aromatic nitrogens is 1. The lowest BCUT2D eigenvalue weighted by atomic mass is 10.0. The molecule has 1 aliphatic rings. The van der Waals surface area contributed by atoms with E-state index in [0.29, 0.717) is 37.7 Å². The smallest absolute Gasteiger partial charge is 0.270 e. The quantitative estimate of drug-likeness (QED) is 0.731. The van der Waals surface area contributed by atoms with Gasteiger partial charge < -0.3 is 15.2 Å². The van der Waals surface area contributed by atoms with E-state index in [-0.39, 0.29) is 29.3 Å². The Morgan fingerprint density at radius 3 is 2.41 bits per heavy atom. The molecule has 27 heavy (non-hydrogen) atoms. The lowest BCUT2D eigenvalue weighted by Gasteiger charge is -2.25. The number of halogens is 1. The number of amides is 1. The largest absolute Gasteiger partial charge is 0.345 e. The van der Waals surface area contributed by atoms with Gasteiger partial charge >= 0.3 is 0 Å². The van der Waals surface area contributed by atoms with Crippen LogP contribution in [0, 0.1) is 5.92 Å². The summed E-state index contributed by atoms with van der Waals surface area (Å²) in [6.45, 7) is 5.75. The van der Waals surface area contributed by atoms with Crippen LogP contribution in [0.15, 0.2) is 17.2 Å². The normalized spacial score (nSPS) is 16.8. The number of sulfonamides is 1. The summed E-state index contributed by atoms with van der Waals surface area (Å²) < 4.78 is 28.7. The Hall–Kier alpha value is -1.09. The van der Waals surface area contributed by atoms with Gasteiger partial charge in [-0.3, -0.25) is 4.79 Å². The number of carbonyl (C=O) groups excluding carboxylic acids is 1. The lowest BCUT2D eigenvalue weighted by molar-refractivity contribution is 0.0779. The van der Waals surface area contributed by atoms with Crippen LogP contribution in [0.5, 0.6) is 0 Å². The molecular formula is C18H33ClN4O3S. The third kappa shape index (κ3) is 5.70. The van der Waals surface area contributed by atoms with Crippen molar-refractivity contribution in [2.24, 2.45) is 18.7 Å². The van der Waals surface area contributed by atoms with Crippen LogP contribution >= 0.6 is 12.4 Å². The highest BCUT2D eigenvalue weighted by atomic mass is 35.5. The molecule has 0 bridgehead atoms. The Balaban J connectivity index is 0.00000364. The number of hydrogen-bond donors (Lipinski definition) is 1. The summed E-state index contributed by atoms with van der Waals surface area (Å²) in [6, 6.07) is 1.53. The number of hydrogen-bond acceptors (Lipinski definition) is 4. The van der Waals surface area contributed by atoms with Crippen LogP contribution in [-0.2, 0) is 17.1 Å². The van der Waals surface area contributed by atoms with E-state index in [9.17, 15) is 13.2 Å². The van der Waals surface area contributed by atoms with Crippen LogP contribution in [-0.4, -0.2) is 60.8 Å². The SMILES string of the molecule is CC(C)C(N)CCN(C)C(=O)c1cc(S(=O)(=O)N2CCCCC2)cn1C.Cl. The van der Waals surface area contributed by atoms with Gasteiger partial charge in [0.15, 0.2) is 0 Å². The van der Waals surface area contributed by atoms with E-state index >= 15 is 0 Å². The molecule has 1 aliphatic heterocycles. The Morgan fingerprint density at radius 2 is 1.85 bits per heavy atom. The van der Waals surface area contributed by atoms with Gasteiger partial charge in [-0.25, -0.2) is 8.42 Å². The van der Waals surface area contributed by atoms with Crippen LogP contribution in [0.1, 0.15) is 50.0 Å². The molecule has 0 radical (unpaired) electrons. The summed E-state index contributed by atoms with van der Waals surface area (Å²) in [6.07, 6.45) is 5.08. The highest BCUT2D eigenvalue weighted by Crippen LogP contribution is 2.22. The molecule has 2 N–H and O–H groups in total. The molecule has 0 saturated carbocycles. The monoisotopic (exact) mass is 420 g/mol. The Kier molecular flexibility index (Phi) is 8.79. The molecule has 9 heteroatoms. The molecule has 0 aliphatic carbocycles. The fourth-order valence-corrected chi connectivity index (χ4v) is 4.70. The predicted molar refractivity (Wildman–Crippen MR) is 110 cm³/mol. The first kappa shape index (κ1) is 23.9. The van der Waals surface area contributed by atoms with Crippen LogP contribution < -0.4 is 5.73 Å². The first-order valence-electron chi connectivity index (χ1n) is 9.32. The highest BCUT2D eigenvalue weighted by molar-refractivity contribution is 7.89. The molecule has 2 heterocycles. The van der Waals surface area contributed by atoms with Crippen molar-refractivity contribution in [2.45, 2.75) is 50.5 Å². The predicted octanol–water partition coefficient (Wildman–Crippen LogP) is 2.07. The highest BCUT2D eigenvalue weighted by Gasteiger charge is 2.29. The third-order valence-corrected chi connectivity index (χ3v) is 7.02. The maximum Gasteiger partial charge on any atom is 0.270 e. The number of piperidine rings is 1. The summed E-state index contributed by atoms with van der Waals surface area (Å²) in [4.78, 5) is 14.5. The number of nitrogens with zero attached hydrogens (tertiary/aromatic N) is 3. The summed E-state index contributed by atoms with van der Waals surface area (Å²) in [5.41, 5.74) is 6.43. The standard InChI is InChI=1S/C18H32N4O3S.ClH/c1-14(2)16(19)8-11-20(3)18(23)17-12-15(13-21(17)4)26(24,25)22-9-6-5-7-10-22;/h12-14,16H,5-11,19H2,1-4H3;1H. The average Bonchev–Trinajstić information content (AvgIpc) is 3.01. The van der Waals surface area contributed by atoms with Crippen LogP contribution in [0.3, 0.4) is 0 Å². The van der Waals surface area contributed by atoms with E-state index < -0.39 is 10.0 Å². The minimum atomic E-state index is -3.54. The molecule has 1 unspecified atom stereocenters. The van der Waals surface area contributed by atoms with Gasteiger partial charge in [-0.2, -0.15) is 4.31 Å². The summed E-state index contributed by atoms with van der Waals surface area (Å²) >= 11 is 0. The third-order valence-electron chi connectivity index (χ3n) is 5.15. The summed E-state index contributed by atoms with van der Waals surface area (Å²) in [7, 11) is -0.110. The second kappa shape index (κ2) is 9.91. The Labute approximate surface area is 169 Å². The van der Waals surface area contributed by atoms with Gasteiger partial charge in [-0.15, -0.1) is 12.4 Å². The molecule has 1 aromatic heterocycles. The van der Waals surface area contributed by atoms with Crippen molar-refractivity contribution in [3.05, 3.63) is 18.0 Å². The molecule has 156 valence electrons. The maximum absolute atomic E-state index is 12.8. The summed E-state index contributed by atoms with van der Waals surface area (Å²) in [5, 5.41) is 0. The Morgan fingerprint density at radius 1 is 1.26 bits per heavy atom. The second-order valence-corrected chi connectivity index (χ2v) is 9.50. The molecule has 1 saturated heterocycles. The van der Waals surface area contributed by atoms with Gasteiger partial charge in [0.1, 0.15) is 10.6 Å². The molecule has 2 rings (SSSR count). The average molecular weight is 421 g/mol. The molecule has 1 amide bonds. The molecule has 1 fully saturated rings. The van der Waals surface area contributed by atoms with Gasteiger partial charge in [-0.05, 0) is 31.2 Å². The van der Waals surface area contributed by atoms with Gasteiger partial charge in [0.25, 0.3) is 5.91 Å². The van der Waals surface area contributed by atoms with Crippen molar-refractivity contribution in [3.8, 4) is 0 Å². The molecule has 7 nitrogen and oxygen atoms in total. The van der Waals surface area contributed by atoms with Crippen molar-refractivity contribution in [1.82, 2.24) is 13.8 Å². The maximum atomic E-state index is 12.8. The van der Waals surface area contributed by atoms with Crippen LogP contribution in [0.2, 0.25) is 0 Å². The molecular weight excluding hydrogens is 388 g/mol. The number of nitrogens with two attached hydrogens (primary N) is 1. The first-order chi connectivity index (χ1) is 12.1. The van der Waals surface area contributed by atoms with Gasteiger partial charge in [0.2, 0.25) is 10.0 Å². The minimum Gasteiger partial charge on any atom is -0.345 e. The number of carbonyl (C=O) groups is 1. The van der Waals surface area contributed by atoms with Gasteiger partial charge in [0.05, 0.1) is 0 Å². The lowest BCUT2D eigenvalue weighted by Crippen LogP contribution is -2.35. The van der Waals surface area contributed by atoms with Gasteiger partial charge in [-0.1, -0.05) is 20.3 Å². The van der Waals surface area contributed by atoms with Gasteiger partial charge in [0, 0.05) is 46.0 Å². The van der Waals surface area contributed by atoms with Crippen molar-refractivity contribution >= 4 is 28.3 Å². The van der Waals surface area contributed by atoms with E-state index in [2.05, 4.69) is 13.8 Å². The fourth-order valence-electron chi connectivity index (χ4n) is 3.12. The first-order valence-corrected chi connectivity index (χ1v) is 10.8. The fraction of sp³-hybridized carbons (Fsp3) is 0.722. The zero-order valence-corrected chi connectivity index (χ0v) is 18.4. The van der Waals surface area contributed by atoms with Crippen molar-refractivity contribution in [2.75, 3.05) is 26.7 Å². The second-order valence-electron chi connectivity index (χ2n) is 7.56. The zero-order chi connectivity index (χ0) is 19.5. The minimum absolute atomic E-state index is 0. The molecule has 0 spiro atoms. The van der Waals surface area contributed by atoms with E-state index in [4.69, 9.17) is 5.73 Å². The van der Waals surface area contributed by atoms with E-state index in [0.717, 1.165) is 19.3 Å². The molecule has 1 aromatic rings. The van der Waals surface area contributed by atoms with Crippen molar-refractivity contribution < 1.29 is 13.2 Å². The molecule has 0 aromatic carbocycles. The van der Waals surface area contributed by atoms with Crippen LogP contribution in [0.25, 0.3) is 0 Å². The molecule has 1 atom stereocenters. The van der Waals surface area contributed by atoms with E-state index in [1.807, 2.05) is 0 Å². The summed E-state index contributed by atoms with van der Waals surface area (Å²) in [5.74, 6) is 0.165. The van der Waals surface area contributed by atoms with Crippen LogP contribution in [0.4, 0.5) is 0 Å². The topological polar surface area (TPSA) is 88.6 Å². The van der Waals surface area contributed by atoms with Crippen molar-refractivity contribution in [3.63, 3.8) is 0 Å². The van der Waals surface area contributed by atoms with E-state index in [1.165, 1.54) is 16.6 Å². The number of rotatable bonds is 7.